The molecule has 4 aromatic carbocycles. The van der Waals surface area contributed by atoms with Gasteiger partial charge in [0.05, 0.1) is 27.6 Å². The molecule has 1 heterocycles. The Labute approximate surface area is 240 Å². The van der Waals surface area contributed by atoms with Crippen LogP contribution in [0.2, 0.25) is 0 Å². The van der Waals surface area contributed by atoms with Gasteiger partial charge in [0.1, 0.15) is 0 Å². The summed E-state index contributed by atoms with van der Waals surface area (Å²) in [5.74, 6) is -1.09. The molecule has 0 radical (unpaired) electrons. The molecule has 216 valence electrons. The van der Waals surface area contributed by atoms with Gasteiger partial charge in [0, 0.05) is 22.9 Å². The van der Waals surface area contributed by atoms with Crippen molar-refractivity contribution >= 4 is 34.4 Å². The molecule has 0 fully saturated rings. The molecule has 0 spiro atoms. The highest BCUT2D eigenvalue weighted by atomic mass is 19.4. The highest BCUT2D eigenvalue weighted by Crippen LogP contribution is 2.32. The molecule has 0 bridgehead atoms. The number of nitrogens with zero attached hydrogens (tertiary/aromatic N) is 4. The second-order valence-corrected chi connectivity index (χ2v) is 9.05. The van der Waals surface area contributed by atoms with E-state index < -0.39 is 40.4 Å². The first-order valence-corrected chi connectivity index (χ1v) is 12.6. The lowest BCUT2D eigenvalue weighted by Crippen LogP contribution is -2.21. The first-order valence-electron chi connectivity index (χ1n) is 12.6. The zero-order chi connectivity index (χ0) is 30.6. The van der Waals surface area contributed by atoms with Gasteiger partial charge >= 0.3 is 11.9 Å². The number of alkyl halides is 3. The molecule has 10 nitrogen and oxygen atoms in total. The standard InChI is InChI=1S/C30H20F3N5O5/c31-30(32,33)21-10-6-8-19(16-21)28-36-24-14-5-4-13-23(24)29(40)37(28)34-17-20-9-7-15-25(38(41)42)27(20)43-18-26(39)35-22-11-2-1-3-12-22/h1-17H,18H2,(H,35,39). The number of amides is 1. The van der Waals surface area contributed by atoms with E-state index in [-0.39, 0.29) is 33.6 Å². The number of nitrogens with one attached hydrogen (secondary N) is 1. The molecule has 1 N–H and O–H groups in total. The molecule has 5 rings (SSSR count). The summed E-state index contributed by atoms with van der Waals surface area (Å²) in [6.07, 6.45) is -3.57. The number of hydrogen-bond donors (Lipinski definition) is 1. The summed E-state index contributed by atoms with van der Waals surface area (Å²) in [5, 5.41) is 18.7. The van der Waals surface area contributed by atoms with Crippen molar-refractivity contribution in [2.45, 2.75) is 6.18 Å². The molecule has 0 aliphatic carbocycles. The number of fused-ring (bicyclic) bond motifs is 1. The fourth-order valence-corrected chi connectivity index (χ4v) is 4.17. The summed E-state index contributed by atoms with van der Waals surface area (Å²) < 4.78 is 46.8. The van der Waals surface area contributed by atoms with Gasteiger partial charge in [-0.2, -0.15) is 22.9 Å². The second-order valence-electron chi connectivity index (χ2n) is 9.05. The molecule has 0 aliphatic heterocycles. The minimum absolute atomic E-state index is 0.0248. The summed E-state index contributed by atoms with van der Waals surface area (Å²) in [4.78, 5) is 41.4. The SMILES string of the molecule is O=C(COc1c(C=Nn2c(-c3cccc(C(F)(F)F)c3)nc3ccccc3c2=O)cccc1[N+](=O)[O-])Nc1ccccc1. The Kier molecular flexibility index (Phi) is 7.96. The van der Waals surface area contributed by atoms with Crippen LogP contribution in [-0.2, 0) is 11.0 Å². The molecule has 5 aromatic rings. The summed E-state index contributed by atoms with van der Waals surface area (Å²) in [7, 11) is 0. The Hall–Kier alpha value is -5.85. The van der Waals surface area contributed by atoms with Crippen molar-refractivity contribution in [3.05, 3.63) is 129 Å². The van der Waals surface area contributed by atoms with Gasteiger partial charge < -0.3 is 10.1 Å². The molecule has 0 saturated carbocycles. The van der Waals surface area contributed by atoms with Crippen LogP contribution in [0.1, 0.15) is 11.1 Å². The fraction of sp³-hybridized carbons (Fsp3) is 0.0667. The summed E-state index contributed by atoms with van der Waals surface area (Å²) in [5.41, 5.74) is -1.41. The number of nitro groups is 1. The Morgan fingerprint density at radius 3 is 2.47 bits per heavy atom. The largest absolute Gasteiger partial charge is 0.476 e. The number of hydrogen-bond acceptors (Lipinski definition) is 7. The van der Waals surface area contributed by atoms with Gasteiger partial charge in [-0.1, -0.05) is 48.5 Å². The molecule has 1 aromatic heterocycles. The van der Waals surface area contributed by atoms with E-state index in [4.69, 9.17) is 4.74 Å². The van der Waals surface area contributed by atoms with Gasteiger partial charge in [-0.15, -0.1) is 0 Å². The first kappa shape index (κ1) is 28.7. The number of benzene rings is 4. The van der Waals surface area contributed by atoms with Crippen molar-refractivity contribution in [1.82, 2.24) is 9.66 Å². The number of carbonyl (C=O) groups is 1. The summed E-state index contributed by atoms with van der Waals surface area (Å²) in [6.45, 7) is -0.590. The minimum atomic E-state index is -4.65. The molecular formula is C30H20F3N5O5. The number of nitro benzene ring substituents is 1. The lowest BCUT2D eigenvalue weighted by molar-refractivity contribution is -0.385. The van der Waals surface area contributed by atoms with Crippen LogP contribution in [0, 0.1) is 10.1 Å². The van der Waals surface area contributed by atoms with Crippen molar-refractivity contribution in [3.63, 3.8) is 0 Å². The van der Waals surface area contributed by atoms with Crippen molar-refractivity contribution in [3.8, 4) is 17.1 Å². The Bertz CT molecular complexity index is 1920. The van der Waals surface area contributed by atoms with E-state index in [2.05, 4.69) is 15.4 Å². The van der Waals surface area contributed by atoms with Gasteiger partial charge in [-0.05, 0) is 42.5 Å². The van der Waals surface area contributed by atoms with Crippen LogP contribution in [0.5, 0.6) is 5.75 Å². The minimum Gasteiger partial charge on any atom is -0.476 e. The number of aromatic nitrogens is 2. The number of halogens is 3. The maximum absolute atomic E-state index is 13.5. The zero-order valence-electron chi connectivity index (χ0n) is 22.0. The average Bonchev–Trinajstić information content (AvgIpc) is 2.99. The maximum Gasteiger partial charge on any atom is 0.416 e. The van der Waals surface area contributed by atoms with E-state index in [9.17, 15) is 32.9 Å². The summed E-state index contributed by atoms with van der Waals surface area (Å²) >= 11 is 0. The first-order chi connectivity index (χ1) is 20.6. The molecule has 0 unspecified atom stereocenters. The average molecular weight is 588 g/mol. The van der Waals surface area contributed by atoms with Gasteiger partial charge in [-0.25, -0.2) is 4.98 Å². The number of ether oxygens (including phenoxy) is 1. The predicted octanol–water partition coefficient (Wildman–Crippen LogP) is 5.89. The smallest absolute Gasteiger partial charge is 0.416 e. The van der Waals surface area contributed by atoms with Crippen molar-refractivity contribution in [2.75, 3.05) is 11.9 Å². The Balaban J connectivity index is 1.57. The highest BCUT2D eigenvalue weighted by Gasteiger charge is 2.31. The zero-order valence-corrected chi connectivity index (χ0v) is 22.0. The number of para-hydroxylation sites is 3. The van der Waals surface area contributed by atoms with E-state index in [0.717, 1.165) is 23.0 Å². The highest BCUT2D eigenvalue weighted by molar-refractivity contribution is 5.92. The monoisotopic (exact) mass is 587 g/mol. The fourth-order valence-electron chi connectivity index (χ4n) is 4.17. The van der Waals surface area contributed by atoms with Crippen LogP contribution >= 0.6 is 0 Å². The summed E-state index contributed by atoms with van der Waals surface area (Å²) in [6, 6.07) is 22.9. The predicted molar refractivity (Wildman–Crippen MR) is 153 cm³/mol. The number of carbonyl (C=O) groups excluding carboxylic acids is 1. The molecule has 1 amide bonds. The van der Waals surface area contributed by atoms with E-state index in [1.54, 1.807) is 42.5 Å². The van der Waals surface area contributed by atoms with Gasteiger partial charge in [0.25, 0.3) is 11.5 Å². The number of anilines is 1. The topological polar surface area (TPSA) is 129 Å². The third-order valence-electron chi connectivity index (χ3n) is 6.14. The van der Waals surface area contributed by atoms with Crippen LogP contribution in [-0.4, -0.2) is 33.3 Å². The molecule has 0 atom stereocenters. The molecular weight excluding hydrogens is 567 g/mol. The Morgan fingerprint density at radius 1 is 1.00 bits per heavy atom. The van der Waals surface area contributed by atoms with Crippen molar-refractivity contribution in [1.29, 1.82) is 0 Å². The van der Waals surface area contributed by atoms with Crippen molar-refractivity contribution in [2.24, 2.45) is 5.10 Å². The van der Waals surface area contributed by atoms with E-state index in [0.29, 0.717) is 5.69 Å². The molecule has 13 heteroatoms. The van der Waals surface area contributed by atoms with Crippen LogP contribution in [0.3, 0.4) is 0 Å². The number of rotatable bonds is 8. The van der Waals surface area contributed by atoms with E-state index in [1.807, 2.05) is 0 Å². The lowest BCUT2D eigenvalue weighted by atomic mass is 10.1. The van der Waals surface area contributed by atoms with E-state index in [1.165, 1.54) is 42.5 Å². The lowest BCUT2D eigenvalue weighted by Gasteiger charge is -2.12. The third-order valence-corrected chi connectivity index (χ3v) is 6.14. The maximum atomic E-state index is 13.5. The Morgan fingerprint density at radius 2 is 1.72 bits per heavy atom. The van der Waals surface area contributed by atoms with Gasteiger partial charge in [0.15, 0.2) is 12.4 Å². The van der Waals surface area contributed by atoms with Crippen LogP contribution in [0.4, 0.5) is 24.5 Å². The third kappa shape index (κ3) is 6.40. The van der Waals surface area contributed by atoms with Crippen LogP contribution < -0.4 is 15.6 Å². The molecule has 0 saturated heterocycles. The molecule has 43 heavy (non-hydrogen) atoms. The molecule has 0 aliphatic rings. The quantitative estimate of drug-likeness (QED) is 0.137. The normalized spacial score (nSPS) is 11.5. The van der Waals surface area contributed by atoms with Crippen LogP contribution in [0.25, 0.3) is 22.3 Å². The second kappa shape index (κ2) is 11.9. The van der Waals surface area contributed by atoms with Crippen molar-refractivity contribution < 1.29 is 27.6 Å². The van der Waals surface area contributed by atoms with Crippen LogP contribution in [0.15, 0.2) is 107 Å². The van der Waals surface area contributed by atoms with Gasteiger partial charge in [-0.3, -0.25) is 19.7 Å². The van der Waals surface area contributed by atoms with Gasteiger partial charge in [0.2, 0.25) is 5.75 Å². The van der Waals surface area contributed by atoms with E-state index >= 15 is 0 Å².